The summed E-state index contributed by atoms with van der Waals surface area (Å²) in [6.07, 6.45) is 1.09. The van der Waals surface area contributed by atoms with Gasteiger partial charge in [0.25, 0.3) is 0 Å². The molecule has 22 heavy (non-hydrogen) atoms. The topological polar surface area (TPSA) is 3.24 Å². The van der Waals surface area contributed by atoms with Crippen LogP contribution in [0.4, 0.5) is 5.69 Å². The Hall–Kier alpha value is -2.54. The first-order chi connectivity index (χ1) is 10.8. The zero-order chi connectivity index (χ0) is 14.9. The Morgan fingerprint density at radius 2 is 1.36 bits per heavy atom. The second kappa shape index (κ2) is 5.34. The van der Waals surface area contributed by atoms with Gasteiger partial charge in [0.1, 0.15) is 0 Å². The highest BCUT2D eigenvalue weighted by Gasteiger charge is 2.26. The molecule has 3 aromatic rings. The highest BCUT2D eigenvalue weighted by Crippen LogP contribution is 2.39. The normalized spacial score (nSPS) is 16.6. The van der Waals surface area contributed by atoms with Crippen molar-refractivity contribution < 1.29 is 0 Å². The summed E-state index contributed by atoms with van der Waals surface area (Å²) in [5.74, 6) is 0. The van der Waals surface area contributed by atoms with E-state index in [0.29, 0.717) is 6.04 Å². The van der Waals surface area contributed by atoms with E-state index in [-0.39, 0.29) is 0 Å². The molecule has 0 bridgehead atoms. The van der Waals surface area contributed by atoms with Crippen molar-refractivity contribution in [3.8, 4) is 11.1 Å². The van der Waals surface area contributed by atoms with Crippen LogP contribution in [0, 0.1) is 0 Å². The number of para-hydroxylation sites is 1. The van der Waals surface area contributed by atoms with Gasteiger partial charge in [-0.25, -0.2) is 0 Å². The molecule has 3 aromatic carbocycles. The number of nitrogens with zero attached hydrogens (tertiary/aromatic N) is 1. The molecule has 0 aliphatic carbocycles. The summed E-state index contributed by atoms with van der Waals surface area (Å²) in [5, 5.41) is 0. The summed E-state index contributed by atoms with van der Waals surface area (Å²) in [5.41, 5.74) is 6.75. The van der Waals surface area contributed by atoms with Gasteiger partial charge in [-0.2, -0.15) is 0 Å². The molecule has 0 N–H and O–H groups in total. The highest BCUT2D eigenvalue weighted by molar-refractivity contribution is 5.65. The Bertz CT molecular complexity index is 775. The third-order valence-electron chi connectivity index (χ3n) is 4.65. The number of hydrogen-bond acceptors (Lipinski definition) is 1. The molecule has 1 aliphatic rings. The van der Waals surface area contributed by atoms with Gasteiger partial charge >= 0.3 is 0 Å². The second-order valence-corrected chi connectivity index (χ2v) is 5.95. The van der Waals surface area contributed by atoms with Gasteiger partial charge in [-0.3, -0.25) is 0 Å². The van der Waals surface area contributed by atoms with Gasteiger partial charge in [-0.1, -0.05) is 72.8 Å². The predicted molar refractivity (Wildman–Crippen MR) is 93.2 cm³/mol. The first kappa shape index (κ1) is 13.1. The van der Waals surface area contributed by atoms with E-state index in [2.05, 4.69) is 90.8 Å². The van der Waals surface area contributed by atoms with E-state index in [0.717, 1.165) is 6.42 Å². The molecular weight excluding hydrogens is 266 g/mol. The maximum Gasteiger partial charge on any atom is 0.0580 e. The fourth-order valence-corrected chi connectivity index (χ4v) is 3.41. The molecule has 0 amide bonds. The Balaban J connectivity index is 1.63. The summed E-state index contributed by atoms with van der Waals surface area (Å²) in [7, 11) is 2.20. The van der Waals surface area contributed by atoms with Crippen molar-refractivity contribution in [2.75, 3.05) is 11.9 Å². The average molecular weight is 285 g/mol. The van der Waals surface area contributed by atoms with Crippen LogP contribution in [-0.4, -0.2) is 7.05 Å². The minimum atomic E-state index is 0.447. The Kier molecular flexibility index (Phi) is 3.19. The van der Waals surface area contributed by atoms with E-state index in [1.807, 2.05) is 0 Å². The minimum Gasteiger partial charge on any atom is -0.367 e. The van der Waals surface area contributed by atoms with Crippen LogP contribution in [0.15, 0.2) is 78.9 Å². The Labute approximate surface area is 131 Å². The maximum atomic E-state index is 2.40. The molecule has 0 saturated heterocycles. The van der Waals surface area contributed by atoms with Crippen LogP contribution in [0.5, 0.6) is 0 Å². The van der Waals surface area contributed by atoms with Gasteiger partial charge in [-0.15, -0.1) is 0 Å². The van der Waals surface area contributed by atoms with E-state index in [1.54, 1.807) is 0 Å². The number of anilines is 1. The largest absolute Gasteiger partial charge is 0.367 e. The van der Waals surface area contributed by atoms with Crippen molar-refractivity contribution in [2.24, 2.45) is 0 Å². The van der Waals surface area contributed by atoms with E-state index in [9.17, 15) is 0 Å². The van der Waals surface area contributed by atoms with Crippen LogP contribution in [0.25, 0.3) is 11.1 Å². The molecule has 0 saturated carbocycles. The summed E-state index contributed by atoms with van der Waals surface area (Å²) >= 11 is 0. The number of fused-ring (bicyclic) bond motifs is 1. The van der Waals surface area contributed by atoms with Gasteiger partial charge in [0, 0.05) is 12.7 Å². The zero-order valence-electron chi connectivity index (χ0n) is 12.7. The molecule has 1 atom stereocenters. The highest BCUT2D eigenvalue weighted by atomic mass is 15.2. The lowest BCUT2D eigenvalue weighted by Crippen LogP contribution is -2.19. The molecule has 1 unspecified atom stereocenters. The molecule has 0 spiro atoms. The van der Waals surface area contributed by atoms with Crippen molar-refractivity contribution in [1.29, 1.82) is 0 Å². The average Bonchev–Trinajstić information content (AvgIpc) is 2.93. The number of likely N-dealkylation sites (N-methyl/N-ethyl adjacent to an activating group) is 1. The van der Waals surface area contributed by atoms with Gasteiger partial charge in [0.05, 0.1) is 6.04 Å². The molecule has 0 radical (unpaired) electrons. The lowest BCUT2D eigenvalue weighted by molar-refractivity contribution is 0.716. The van der Waals surface area contributed by atoms with Crippen molar-refractivity contribution >= 4 is 5.69 Å². The Morgan fingerprint density at radius 3 is 2.09 bits per heavy atom. The maximum absolute atomic E-state index is 2.40. The SMILES string of the molecule is CN1c2ccccc2CC1c1ccc(-c2ccccc2)cc1. The van der Waals surface area contributed by atoms with Crippen LogP contribution < -0.4 is 4.90 Å². The van der Waals surface area contributed by atoms with Crippen LogP contribution in [0.2, 0.25) is 0 Å². The number of rotatable bonds is 2. The Morgan fingerprint density at radius 1 is 0.727 bits per heavy atom. The van der Waals surface area contributed by atoms with Crippen LogP contribution in [-0.2, 0) is 6.42 Å². The summed E-state index contributed by atoms with van der Waals surface area (Å²) in [4.78, 5) is 2.40. The molecule has 4 rings (SSSR count). The van der Waals surface area contributed by atoms with E-state index >= 15 is 0 Å². The monoisotopic (exact) mass is 285 g/mol. The van der Waals surface area contributed by atoms with E-state index < -0.39 is 0 Å². The van der Waals surface area contributed by atoms with Gasteiger partial charge in [0.15, 0.2) is 0 Å². The molecule has 1 aliphatic heterocycles. The standard InChI is InChI=1S/C21H19N/c1-22-20-10-6-5-9-19(20)15-21(22)18-13-11-17(12-14-18)16-7-3-2-4-8-16/h2-14,21H,15H2,1H3. The lowest BCUT2D eigenvalue weighted by Gasteiger charge is -2.23. The minimum absolute atomic E-state index is 0.447. The molecule has 1 nitrogen and oxygen atoms in total. The van der Waals surface area contributed by atoms with Crippen LogP contribution >= 0.6 is 0 Å². The van der Waals surface area contributed by atoms with Gasteiger partial charge in [-0.05, 0) is 34.7 Å². The summed E-state index contributed by atoms with van der Waals surface area (Å²) < 4.78 is 0. The first-order valence-corrected chi connectivity index (χ1v) is 7.79. The molecule has 0 aromatic heterocycles. The van der Waals surface area contributed by atoms with Crippen LogP contribution in [0.1, 0.15) is 17.2 Å². The fraction of sp³-hybridized carbons (Fsp3) is 0.143. The zero-order valence-corrected chi connectivity index (χ0v) is 12.7. The van der Waals surface area contributed by atoms with Crippen molar-refractivity contribution in [3.63, 3.8) is 0 Å². The quantitative estimate of drug-likeness (QED) is 0.634. The number of benzene rings is 3. The van der Waals surface area contributed by atoms with E-state index in [1.165, 1.54) is 27.9 Å². The number of hydrogen-bond donors (Lipinski definition) is 0. The van der Waals surface area contributed by atoms with Crippen molar-refractivity contribution in [1.82, 2.24) is 0 Å². The molecule has 0 fully saturated rings. The fourth-order valence-electron chi connectivity index (χ4n) is 3.41. The summed E-state index contributed by atoms with van der Waals surface area (Å²) in [6, 6.07) is 28.7. The summed E-state index contributed by atoms with van der Waals surface area (Å²) in [6.45, 7) is 0. The third kappa shape index (κ3) is 2.19. The molecule has 1 heterocycles. The third-order valence-corrected chi connectivity index (χ3v) is 4.65. The van der Waals surface area contributed by atoms with Crippen molar-refractivity contribution in [2.45, 2.75) is 12.5 Å². The molecule has 1 heteroatoms. The van der Waals surface area contributed by atoms with Gasteiger partial charge in [0.2, 0.25) is 0 Å². The van der Waals surface area contributed by atoms with Crippen LogP contribution in [0.3, 0.4) is 0 Å². The van der Waals surface area contributed by atoms with E-state index in [4.69, 9.17) is 0 Å². The smallest absolute Gasteiger partial charge is 0.0580 e. The lowest BCUT2D eigenvalue weighted by atomic mass is 9.99. The molecular formula is C21H19N. The van der Waals surface area contributed by atoms with Crippen molar-refractivity contribution in [3.05, 3.63) is 90.0 Å². The van der Waals surface area contributed by atoms with Gasteiger partial charge < -0.3 is 4.90 Å². The second-order valence-electron chi connectivity index (χ2n) is 5.95. The predicted octanol–water partition coefficient (Wildman–Crippen LogP) is 5.09. The first-order valence-electron chi connectivity index (χ1n) is 7.79. The molecule has 108 valence electrons.